The lowest BCUT2D eigenvalue weighted by molar-refractivity contribution is -0.184. The van der Waals surface area contributed by atoms with Crippen molar-refractivity contribution in [3.8, 4) is 0 Å². The van der Waals surface area contributed by atoms with Crippen LogP contribution in [0, 0.1) is 0 Å². The fraction of sp³-hybridized carbons (Fsp3) is 0.833. The molecular formula is C6H10O5. The van der Waals surface area contributed by atoms with Crippen LogP contribution in [0.3, 0.4) is 0 Å². The summed E-state index contributed by atoms with van der Waals surface area (Å²) in [4.78, 5) is 10.1. The number of hydrogen-bond acceptors (Lipinski definition) is 5. The molecule has 1 fully saturated rings. The van der Waals surface area contributed by atoms with E-state index in [1.54, 1.807) is 0 Å². The average Bonchev–Trinajstić information content (AvgIpc) is 2.01. The van der Waals surface area contributed by atoms with Crippen LogP contribution in [-0.4, -0.2) is 52.6 Å². The van der Waals surface area contributed by atoms with Crippen molar-refractivity contribution >= 4 is 6.29 Å². The molecular weight excluding hydrogens is 152 g/mol. The van der Waals surface area contributed by atoms with Crippen LogP contribution >= 0.6 is 0 Å². The van der Waals surface area contributed by atoms with Crippen LogP contribution in [0.1, 0.15) is 0 Å². The Labute approximate surface area is 63.2 Å². The lowest BCUT2D eigenvalue weighted by Gasteiger charge is -2.32. The van der Waals surface area contributed by atoms with Crippen LogP contribution in [0.25, 0.3) is 0 Å². The maximum absolute atomic E-state index is 10.1. The lowest BCUT2D eigenvalue weighted by atomic mass is 10.0. The number of ether oxygens (including phenoxy) is 1. The zero-order valence-electron chi connectivity index (χ0n) is 5.75. The van der Waals surface area contributed by atoms with Crippen molar-refractivity contribution in [3.63, 3.8) is 0 Å². The normalized spacial score (nSPS) is 45.4. The molecule has 1 rings (SSSR count). The number of carbonyl (C=O) groups is 1. The molecule has 0 amide bonds. The summed E-state index contributed by atoms with van der Waals surface area (Å²) < 4.78 is 4.69. The van der Waals surface area contributed by atoms with Gasteiger partial charge in [0.15, 0.2) is 6.29 Å². The number of aliphatic hydroxyl groups is 3. The molecule has 0 spiro atoms. The van der Waals surface area contributed by atoms with Gasteiger partial charge in [0.25, 0.3) is 0 Å². The topological polar surface area (TPSA) is 87.0 Å². The monoisotopic (exact) mass is 162 g/mol. The van der Waals surface area contributed by atoms with Gasteiger partial charge in [-0.15, -0.1) is 0 Å². The van der Waals surface area contributed by atoms with Gasteiger partial charge >= 0.3 is 0 Å². The van der Waals surface area contributed by atoms with Gasteiger partial charge in [-0.05, 0) is 0 Å². The van der Waals surface area contributed by atoms with Crippen molar-refractivity contribution in [3.05, 3.63) is 0 Å². The molecule has 0 aromatic carbocycles. The zero-order chi connectivity index (χ0) is 8.43. The minimum absolute atomic E-state index is 0.123. The Kier molecular flexibility index (Phi) is 2.56. The Morgan fingerprint density at radius 1 is 1.27 bits per heavy atom. The Morgan fingerprint density at radius 2 is 1.91 bits per heavy atom. The third-order valence-corrected chi connectivity index (χ3v) is 1.67. The molecule has 0 bridgehead atoms. The minimum Gasteiger partial charge on any atom is -0.388 e. The van der Waals surface area contributed by atoms with Gasteiger partial charge < -0.3 is 24.9 Å². The summed E-state index contributed by atoms with van der Waals surface area (Å²) in [6, 6.07) is 0. The van der Waals surface area contributed by atoms with E-state index in [0.29, 0.717) is 6.29 Å². The Morgan fingerprint density at radius 3 is 2.45 bits per heavy atom. The number of hydrogen-bond donors (Lipinski definition) is 3. The van der Waals surface area contributed by atoms with E-state index in [2.05, 4.69) is 0 Å². The number of aldehydes is 1. The van der Waals surface area contributed by atoms with Crippen molar-refractivity contribution in [2.75, 3.05) is 6.61 Å². The molecule has 0 aliphatic carbocycles. The van der Waals surface area contributed by atoms with Crippen LogP contribution in [0.15, 0.2) is 0 Å². The first-order valence-corrected chi connectivity index (χ1v) is 3.28. The minimum atomic E-state index is -1.32. The van der Waals surface area contributed by atoms with Gasteiger partial charge in [0.1, 0.15) is 24.4 Å². The smallest absolute Gasteiger partial charge is 0.151 e. The van der Waals surface area contributed by atoms with Crippen molar-refractivity contribution in [2.45, 2.75) is 24.4 Å². The summed E-state index contributed by atoms with van der Waals surface area (Å²) in [6.07, 6.45) is -4.34. The van der Waals surface area contributed by atoms with Gasteiger partial charge in [-0.2, -0.15) is 0 Å². The lowest BCUT2D eigenvalue weighted by Crippen LogP contribution is -2.53. The van der Waals surface area contributed by atoms with Crippen LogP contribution < -0.4 is 0 Å². The number of rotatable bonds is 1. The first-order valence-electron chi connectivity index (χ1n) is 3.28. The summed E-state index contributed by atoms with van der Waals surface area (Å²) in [5.41, 5.74) is 0. The van der Waals surface area contributed by atoms with Crippen molar-refractivity contribution in [1.29, 1.82) is 0 Å². The van der Waals surface area contributed by atoms with Crippen LogP contribution in [0.5, 0.6) is 0 Å². The highest BCUT2D eigenvalue weighted by molar-refractivity contribution is 5.57. The molecule has 1 heterocycles. The molecule has 64 valence electrons. The molecule has 0 saturated carbocycles. The highest BCUT2D eigenvalue weighted by atomic mass is 16.5. The number of aliphatic hydroxyl groups excluding tert-OH is 3. The predicted octanol–water partition coefficient (Wildman–Crippen LogP) is -2.33. The summed E-state index contributed by atoms with van der Waals surface area (Å²) in [7, 11) is 0. The maximum atomic E-state index is 10.1. The van der Waals surface area contributed by atoms with E-state index >= 15 is 0 Å². The maximum Gasteiger partial charge on any atom is 0.151 e. The molecule has 0 aromatic rings. The molecule has 0 unspecified atom stereocenters. The van der Waals surface area contributed by atoms with Gasteiger partial charge in [-0.3, -0.25) is 0 Å². The third-order valence-electron chi connectivity index (χ3n) is 1.67. The largest absolute Gasteiger partial charge is 0.388 e. The van der Waals surface area contributed by atoms with E-state index in [4.69, 9.17) is 20.1 Å². The first kappa shape index (κ1) is 8.61. The fourth-order valence-corrected chi connectivity index (χ4v) is 0.949. The molecule has 0 aromatic heterocycles. The molecule has 1 aliphatic rings. The highest BCUT2D eigenvalue weighted by Crippen LogP contribution is 2.13. The second-order valence-corrected chi connectivity index (χ2v) is 2.48. The van der Waals surface area contributed by atoms with E-state index in [0.717, 1.165) is 0 Å². The second kappa shape index (κ2) is 3.27. The Bertz CT molecular complexity index is 148. The first-order chi connectivity index (χ1) is 5.16. The predicted molar refractivity (Wildman–Crippen MR) is 33.8 cm³/mol. The Hall–Kier alpha value is -0.490. The molecule has 4 atom stereocenters. The molecule has 5 nitrogen and oxygen atoms in total. The summed E-state index contributed by atoms with van der Waals surface area (Å²) in [6.45, 7) is -0.123. The summed E-state index contributed by atoms with van der Waals surface area (Å²) in [5, 5.41) is 27.0. The number of carbonyl (C=O) groups excluding carboxylic acids is 1. The van der Waals surface area contributed by atoms with E-state index in [9.17, 15) is 4.79 Å². The molecule has 1 saturated heterocycles. The standard InChI is InChI=1S/C6H10O5/c7-1-4-6(10)5(9)3(8)2-11-4/h1,3-6,8-10H,2H2/t3-,4-,5-,6+/m1/s1. The van der Waals surface area contributed by atoms with Crippen LogP contribution in [0.2, 0.25) is 0 Å². The van der Waals surface area contributed by atoms with Crippen LogP contribution in [0.4, 0.5) is 0 Å². The van der Waals surface area contributed by atoms with Crippen LogP contribution in [-0.2, 0) is 9.53 Å². The van der Waals surface area contributed by atoms with E-state index in [-0.39, 0.29) is 6.61 Å². The van der Waals surface area contributed by atoms with Crippen molar-refractivity contribution < 1.29 is 24.9 Å². The average molecular weight is 162 g/mol. The SMILES string of the molecule is O=C[C@H]1OC[C@@H](O)[C@@H](O)[C@H]1O. The summed E-state index contributed by atoms with van der Waals surface area (Å²) >= 11 is 0. The molecule has 1 aliphatic heterocycles. The second-order valence-electron chi connectivity index (χ2n) is 2.48. The van der Waals surface area contributed by atoms with Gasteiger partial charge in [0.2, 0.25) is 0 Å². The van der Waals surface area contributed by atoms with Gasteiger partial charge in [-0.1, -0.05) is 0 Å². The van der Waals surface area contributed by atoms with E-state index < -0.39 is 24.4 Å². The fourth-order valence-electron chi connectivity index (χ4n) is 0.949. The molecule has 11 heavy (non-hydrogen) atoms. The van der Waals surface area contributed by atoms with Gasteiger partial charge in [0.05, 0.1) is 6.61 Å². The molecule has 0 radical (unpaired) electrons. The quantitative estimate of drug-likeness (QED) is 0.376. The highest BCUT2D eigenvalue weighted by Gasteiger charge is 2.36. The summed E-state index contributed by atoms with van der Waals surface area (Å²) in [5.74, 6) is 0. The molecule has 3 N–H and O–H groups in total. The zero-order valence-corrected chi connectivity index (χ0v) is 5.75. The van der Waals surface area contributed by atoms with Crippen molar-refractivity contribution in [1.82, 2.24) is 0 Å². The van der Waals surface area contributed by atoms with Crippen molar-refractivity contribution in [2.24, 2.45) is 0 Å². The van der Waals surface area contributed by atoms with E-state index in [1.165, 1.54) is 0 Å². The van der Waals surface area contributed by atoms with Gasteiger partial charge in [-0.25, -0.2) is 0 Å². The third kappa shape index (κ3) is 1.57. The van der Waals surface area contributed by atoms with E-state index in [1.807, 2.05) is 0 Å². The molecule has 5 heteroatoms. The van der Waals surface area contributed by atoms with Gasteiger partial charge in [0, 0.05) is 0 Å². The Balaban J connectivity index is 2.58.